The van der Waals surface area contributed by atoms with Crippen LogP contribution in [0.3, 0.4) is 0 Å². The summed E-state index contributed by atoms with van der Waals surface area (Å²) < 4.78 is 0. The molecule has 0 aliphatic heterocycles. The lowest BCUT2D eigenvalue weighted by Crippen LogP contribution is -2.18. The van der Waals surface area contributed by atoms with E-state index in [-0.39, 0.29) is 0 Å². The molecule has 2 N–H and O–H groups in total. The number of halogens is 2. The zero-order valence-corrected chi connectivity index (χ0v) is 15.4. The Bertz CT molecular complexity index is 952. The number of fused-ring (bicyclic) bond motifs is 1. The van der Waals surface area contributed by atoms with E-state index in [4.69, 9.17) is 28.9 Å². The average Bonchev–Trinajstić information content (AvgIpc) is 2.56. The molecule has 3 aromatic rings. The Labute approximate surface area is 156 Å². The van der Waals surface area contributed by atoms with Gasteiger partial charge in [0.15, 0.2) is 0 Å². The molecule has 0 saturated carbocycles. The topological polar surface area (TPSA) is 59.2 Å². The highest BCUT2D eigenvalue weighted by Crippen LogP contribution is 2.31. The van der Waals surface area contributed by atoms with E-state index in [0.29, 0.717) is 27.7 Å². The van der Waals surface area contributed by atoms with Crippen LogP contribution in [0.1, 0.15) is 21.6 Å². The fourth-order valence-electron chi connectivity index (χ4n) is 2.88. The number of pyridine rings is 1. The number of anilines is 1. The summed E-state index contributed by atoms with van der Waals surface area (Å²) in [6.45, 7) is 2.41. The molecular formula is C19H17Cl2N3O. The van der Waals surface area contributed by atoms with E-state index in [1.807, 2.05) is 49.2 Å². The number of hydrogen-bond acceptors (Lipinski definition) is 3. The van der Waals surface area contributed by atoms with Crippen LogP contribution in [0.4, 0.5) is 5.69 Å². The van der Waals surface area contributed by atoms with Crippen LogP contribution in [0, 0.1) is 6.92 Å². The number of primary amides is 1. The Hall–Kier alpha value is -2.30. The standard InChI is InChI=1S/C19H17Cl2N3O/c1-11-9-17(12-5-3-6-13(19(22)25)18(12)23-11)24(2)10-14-15(20)7-4-8-16(14)21/h3-9H,10H2,1-2H3,(H2,22,25). The van der Waals surface area contributed by atoms with Gasteiger partial charge < -0.3 is 10.6 Å². The number of rotatable bonds is 4. The Kier molecular flexibility index (Phi) is 4.84. The highest BCUT2D eigenvalue weighted by molar-refractivity contribution is 6.36. The summed E-state index contributed by atoms with van der Waals surface area (Å²) in [5.41, 5.74) is 9.08. The van der Waals surface area contributed by atoms with Crippen LogP contribution in [-0.2, 0) is 6.54 Å². The summed E-state index contributed by atoms with van der Waals surface area (Å²) in [5.74, 6) is -0.494. The number of para-hydroxylation sites is 1. The maximum Gasteiger partial charge on any atom is 0.250 e. The second kappa shape index (κ2) is 6.90. The van der Waals surface area contributed by atoms with Gasteiger partial charge in [0.1, 0.15) is 0 Å². The van der Waals surface area contributed by atoms with Crippen molar-refractivity contribution in [3.63, 3.8) is 0 Å². The Morgan fingerprint density at radius 1 is 1.16 bits per heavy atom. The first-order chi connectivity index (χ1) is 11.9. The molecule has 1 aromatic heterocycles. The van der Waals surface area contributed by atoms with Crippen molar-refractivity contribution in [3.05, 3.63) is 69.3 Å². The van der Waals surface area contributed by atoms with Crippen LogP contribution in [0.2, 0.25) is 10.0 Å². The molecule has 1 amide bonds. The highest BCUT2D eigenvalue weighted by atomic mass is 35.5. The Morgan fingerprint density at radius 2 is 1.80 bits per heavy atom. The van der Waals surface area contributed by atoms with Crippen molar-refractivity contribution in [1.29, 1.82) is 0 Å². The molecule has 6 heteroatoms. The summed E-state index contributed by atoms with van der Waals surface area (Å²) in [4.78, 5) is 18.3. The smallest absolute Gasteiger partial charge is 0.250 e. The molecule has 0 fully saturated rings. The van der Waals surface area contributed by atoms with E-state index in [1.54, 1.807) is 12.1 Å². The van der Waals surface area contributed by atoms with Gasteiger partial charge in [-0.05, 0) is 31.2 Å². The van der Waals surface area contributed by atoms with Crippen molar-refractivity contribution in [3.8, 4) is 0 Å². The first-order valence-corrected chi connectivity index (χ1v) is 8.48. The van der Waals surface area contributed by atoms with E-state index < -0.39 is 5.91 Å². The van der Waals surface area contributed by atoms with Gasteiger partial charge in [-0.2, -0.15) is 0 Å². The monoisotopic (exact) mass is 373 g/mol. The first-order valence-electron chi connectivity index (χ1n) is 7.72. The highest BCUT2D eigenvalue weighted by Gasteiger charge is 2.15. The first kappa shape index (κ1) is 17.5. The van der Waals surface area contributed by atoms with Gasteiger partial charge in [-0.25, -0.2) is 0 Å². The van der Waals surface area contributed by atoms with Gasteiger partial charge in [-0.15, -0.1) is 0 Å². The normalized spacial score (nSPS) is 10.9. The minimum Gasteiger partial charge on any atom is -0.370 e. The van der Waals surface area contributed by atoms with Crippen LogP contribution in [0.25, 0.3) is 10.9 Å². The number of aromatic nitrogens is 1. The number of carbonyl (C=O) groups is 1. The zero-order chi connectivity index (χ0) is 18.1. The van der Waals surface area contributed by atoms with Crippen molar-refractivity contribution < 1.29 is 4.79 Å². The van der Waals surface area contributed by atoms with Gasteiger partial charge in [0.05, 0.1) is 11.1 Å². The lowest BCUT2D eigenvalue weighted by atomic mass is 10.1. The molecule has 0 atom stereocenters. The summed E-state index contributed by atoms with van der Waals surface area (Å²) in [6.07, 6.45) is 0. The minimum absolute atomic E-state index is 0.409. The number of nitrogens with zero attached hydrogens (tertiary/aromatic N) is 2. The molecule has 0 aliphatic rings. The molecule has 2 aromatic carbocycles. The Balaban J connectivity index is 2.12. The van der Waals surface area contributed by atoms with Gasteiger partial charge in [0, 0.05) is 46.0 Å². The molecule has 128 valence electrons. The van der Waals surface area contributed by atoms with Gasteiger partial charge in [-0.3, -0.25) is 9.78 Å². The van der Waals surface area contributed by atoms with Crippen LogP contribution in [-0.4, -0.2) is 17.9 Å². The maximum atomic E-state index is 11.7. The number of aryl methyl sites for hydroxylation is 1. The van der Waals surface area contributed by atoms with Crippen molar-refractivity contribution in [2.75, 3.05) is 11.9 Å². The van der Waals surface area contributed by atoms with Crippen LogP contribution in [0.15, 0.2) is 42.5 Å². The third kappa shape index (κ3) is 3.41. The maximum absolute atomic E-state index is 11.7. The van der Waals surface area contributed by atoms with E-state index in [0.717, 1.165) is 22.3 Å². The zero-order valence-electron chi connectivity index (χ0n) is 13.9. The predicted octanol–water partition coefficient (Wildman–Crippen LogP) is 4.59. The van der Waals surface area contributed by atoms with Crippen molar-refractivity contribution in [2.24, 2.45) is 5.73 Å². The lowest BCUT2D eigenvalue weighted by Gasteiger charge is -2.23. The fourth-order valence-corrected chi connectivity index (χ4v) is 3.39. The van der Waals surface area contributed by atoms with Gasteiger partial charge >= 0.3 is 0 Å². The van der Waals surface area contributed by atoms with Gasteiger partial charge in [0.25, 0.3) is 5.91 Å². The van der Waals surface area contributed by atoms with E-state index in [2.05, 4.69) is 4.98 Å². The fraction of sp³-hybridized carbons (Fsp3) is 0.158. The Morgan fingerprint density at radius 3 is 2.44 bits per heavy atom. The summed E-state index contributed by atoms with van der Waals surface area (Å²) in [5, 5.41) is 2.09. The number of hydrogen-bond donors (Lipinski definition) is 1. The second-order valence-electron chi connectivity index (χ2n) is 5.91. The second-order valence-corrected chi connectivity index (χ2v) is 6.72. The molecule has 3 rings (SSSR count). The number of nitrogens with two attached hydrogens (primary N) is 1. The minimum atomic E-state index is -0.494. The van der Waals surface area contributed by atoms with Crippen LogP contribution in [0.5, 0.6) is 0 Å². The molecule has 0 bridgehead atoms. The quantitative estimate of drug-likeness (QED) is 0.727. The van der Waals surface area contributed by atoms with E-state index in [1.165, 1.54) is 0 Å². The number of amides is 1. The van der Waals surface area contributed by atoms with E-state index >= 15 is 0 Å². The van der Waals surface area contributed by atoms with Crippen molar-refractivity contribution in [2.45, 2.75) is 13.5 Å². The molecule has 0 spiro atoms. The average molecular weight is 374 g/mol. The summed E-state index contributed by atoms with van der Waals surface area (Å²) >= 11 is 12.6. The van der Waals surface area contributed by atoms with Gasteiger partial charge in [0.2, 0.25) is 0 Å². The number of benzene rings is 2. The summed E-state index contributed by atoms with van der Waals surface area (Å²) in [7, 11) is 1.95. The lowest BCUT2D eigenvalue weighted by molar-refractivity contribution is 0.100. The molecule has 1 heterocycles. The third-order valence-electron chi connectivity index (χ3n) is 4.08. The number of carbonyl (C=O) groups excluding carboxylic acids is 1. The van der Waals surface area contributed by atoms with Crippen LogP contribution >= 0.6 is 23.2 Å². The molecule has 0 unspecified atom stereocenters. The largest absolute Gasteiger partial charge is 0.370 e. The van der Waals surface area contributed by atoms with Crippen molar-refractivity contribution >= 4 is 45.7 Å². The van der Waals surface area contributed by atoms with E-state index in [9.17, 15) is 4.79 Å². The molecule has 25 heavy (non-hydrogen) atoms. The molecule has 0 radical (unpaired) electrons. The molecule has 0 aliphatic carbocycles. The third-order valence-corrected chi connectivity index (χ3v) is 4.79. The molecule has 0 saturated heterocycles. The van der Waals surface area contributed by atoms with Crippen LogP contribution < -0.4 is 10.6 Å². The van der Waals surface area contributed by atoms with Gasteiger partial charge in [-0.1, -0.05) is 41.4 Å². The molecule has 4 nitrogen and oxygen atoms in total. The summed E-state index contributed by atoms with van der Waals surface area (Å²) in [6, 6.07) is 12.8. The molecular weight excluding hydrogens is 357 g/mol. The van der Waals surface area contributed by atoms with Crippen molar-refractivity contribution in [1.82, 2.24) is 4.98 Å². The SMILES string of the molecule is Cc1cc(N(C)Cc2c(Cl)cccc2Cl)c2cccc(C(N)=O)c2n1. The predicted molar refractivity (Wildman–Crippen MR) is 104 cm³/mol.